The summed E-state index contributed by atoms with van der Waals surface area (Å²) in [6.07, 6.45) is -5.10. The molecule has 0 saturated heterocycles. The van der Waals surface area contributed by atoms with E-state index < -0.39 is 18.2 Å². The van der Waals surface area contributed by atoms with Gasteiger partial charge in [0.05, 0.1) is 0 Å². The first-order valence-corrected chi connectivity index (χ1v) is 5.57. The summed E-state index contributed by atoms with van der Waals surface area (Å²) < 4.78 is 38.7. The summed E-state index contributed by atoms with van der Waals surface area (Å²) in [5.74, 6) is 0. The van der Waals surface area contributed by atoms with E-state index in [1.54, 1.807) is 19.1 Å². The summed E-state index contributed by atoms with van der Waals surface area (Å²) in [7, 11) is 0. The predicted octanol–water partition coefficient (Wildman–Crippen LogP) is 3.92. The fourth-order valence-electron chi connectivity index (χ4n) is 1.50. The Morgan fingerprint density at radius 2 is 1.88 bits per heavy atom. The molecule has 0 fully saturated rings. The van der Waals surface area contributed by atoms with E-state index in [1.807, 2.05) is 0 Å². The van der Waals surface area contributed by atoms with Gasteiger partial charge in [-0.05, 0) is 25.0 Å². The standard InChI is InChI=1S/C11H12BrF3O/c1-3-10(16,11(13,14)15)8-5-4-7(2)6-9(8)12/h4-6,16H,3H2,1-2H3. The number of aliphatic hydroxyl groups is 1. The molecule has 0 aromatic heterocycles. The van der Waals surface area contributed by atoms with E-state index in [2.05, 4.69) is 15.9 Å². The first kappa shape index (κ1) is 13.5. The monoisotopic (exact) mass is 296 g/mol. The highest BCUT2D eigenvalue weighted by Crippen LogP contribution is 2.44. The van der Waals surface area contributed by atoms with Crippen molar-refractivity contribution in [2.45, 2.75) is 32.0 Å². The molecule has 0 spiro atoms. The molecule has 1 nitrogen and oxygen atoms in total. The minimum Gasteiger partial charge on any atom is -0.376 e. The number of rotatable bonds is 2. The zero-order valence-corrected chi connectivity index (χ0v) is 10.5. The molecule has 0 aliphatic carbocycles. The lowest BCUT2D eigenvalue weighted by molar-refractivity contribution is -0.268. The summed E-state index contributed by atoms with van der Waals surface area (Å²) in [4.78, 5) is 0. The Morgan fingerprint density at radius 3 is 2.25 bits per heavy atom. The number of benzene rings is 1. The lowest BCUT2D eigenvalue weighted by Gasteiger charge is -2.30. The van der Waals surface area contributed by atoms with Gasteiger partial charge in [-0.25, -0.2) is 0 Å². The van der Waals surface area contributed by atoms with E-state index in [0.717, 1.165) is 5.56 Å². The Morgan fingerprint density at radius 1 is 1.31 bits per heavy atom. The number of hydrogen-bond donors (Lipinski definition) is 1. The molecule has 5 heteroatoms. The third-order valence-corrected chi connectivity index (χ3v) is 3.21. The molecule has 1 atom stereocenters. The summed E-state index contributed by atoms with van der Waals surface area (Å²) >= 11 is 3.06. The SMILES string of the molecule is CCC(O)(c1ccc(C)cc1Br)C(F)(F)F. The van der Waals surface area contributed by atoms with Gasteiger partial charge in [-0.1, -0.05) is 35.0 Å². The van der Waals surface area contributed by atoms with Gasteiger partial charge in [0.15, 0.2) is 5.60 Å². The van der Waals surface area contributed by atoms with Gasteiger partial charge in [0.1, 0.15) is 0 Å². The zero-order valence-electron chi connectivity index (χ0n) is 8.90. The predicted molar refractivity (Wildman–Crippen MR) is 59.1 cm³/mol. The van der Waals surface area contributed by atoms with E-state index in [9.17, 15) is 18.3 Å². The summed E-state index contributed by atoms with van der Waals surface area (Å²) in [5.41, 5.74) is -2.11. The maximum absolute atomic E-state index is 12.8. The highest BCUT2D eigenvalue weighted by molar-refractivity contribution is 9.10. The molecular weight excluding hydrogens is 285 g/mol. The molecule has 1 rings (SSSR count). The van der Waals surface area contributed by atoms with Gasteiger partial charge in [0.25, 0.3) is 0 Å². The minimum absolute atomic E-state index is 0.145. The fraction of sp³-hybridized carbons (Fsp3) is 0.455. The van der Waals surface area contributed by atoms with Crippen molar-refractivity contribution < 1.29 is 18.3 Å². The molecule has 0 aliphatic heterocycles. The number of halogens is 4. The van der Waals surface area contributed by atoms with Crippen molar-refractivity contribution in [3.05, 3.63) is 33.8 Å². The number of alkyl halides is 3. The van der Waals surface area contributed by atoms with Crippen LogP contribution in [0.5, 0.6) is 0 Å². The largest absolute Gasteiger partial charge is 0.421 e. The molecular formula is C11H12BrF3O. The summed E-state index contributed by atoms with van der Waals surface area (Å²) in [6, 6.07) is 4.41. The molecule has 90 valence electrons. The van der Waals surface area contributed by atoms with Crippen LogP contribution in [-0.4, -0.2) is 11.3 Å². The number of aryl methyl sites for hydroxylation is 1. The topological polar surface area (TPSA) is 20.2 Å². The molecule has 1 N–H and O–H groups in total. The van der Waals surface area contributed by atoms with E-state index >= 15 is 0 Å². The van der Waals surface area contributed by atoms with Gasteiger partial charge >= 0.3 is 6.18 Å². The molecule has 0 heterocycles. The van der Waals surface area contributed by atoms with Crippen molar-refractivity contribution in [2.75, 3.05) is 0 Å². The average Bonchev–Trinajstić information content (AvgIpc) is 2.15. The van der Waals surface area contributed by atoms with Crippen LogP contribution in [0.25, 0.3) is 0 Å². The molecule has 0 aliphatic rings. The van der Waals surface area contributed by atoms with E-state index in [0.29, 0.717) is 0 Å². The molecule has 0 saturated carbocycles. The second-order valence-electron chi connectivity index (χ2n) is 3.69. The quantitative estimate of drug-likeness (QED) is 0.877. The third-order valence-electron chi connectivity index (χ3n) is 2.55. The van der Waals surface area contributed by atoms with Crippen LogP contribution in [0.3, 0.4) is 0 Å². The molecule has 1 aromatic rings. The van der Waals surface area contributed by atoms with Crippen LogP contribution in [0.1, 0.15) is 24.5 Å². The Bertz CT molecular complexity index is 389. The summed E-state index contributed by atoms with van der Waals surface area (Å²) in [6.45, 7) is 3.08. The van der Waals surface area contributed by atoms with Crippen molar-refractivity contribution in [1.82, 2.24) is 0 Å². The molecule has 0 amide bonds. The first-order valence-electron chi connectivity index (χ1n) is 4.78. The van der Waals surface area contributed by atoms with Crippen LogP contribution in [0, 0.1) is 6.92 Å². The van der Waals surface area contributed by atoms with Gasteiger partial charge in [0.2, 0.25) is 0 Å². The average molecular weight is 297 g/mol. The van der Waals surface area contributed by atoms with Crippen molar-refractivity contribution in [2.24, 2.45) is 0 Å². The Labute approximate surface area is 100 Å². The minimum atomic E-state index is -4.68. The highest BCUT2D eigenvalue weighted by Gasteiger charge is 2.54. The van der Waals surface area contributed by atoms with Crippen LogP contribution in [-0.2, 0) is 5.60 Å². The molecule has 1 aromatic carbocycles. The molecule has 1 unspecified atom stereocenters. The van der Waals surface area contributed by atoms with Gasteiger partial charge < -0.3 is 5.11 Å². The highest BCUT2D eigenvalue weighted by atomic mass is 79.9. The fourth-order valence-corrected chi connectivity index (χ4v) is 2.32. The Kier molecular flexibility index (Phi) is 3.69. The number of hydrogen-bond acceptors (Lipinski definition) is 1. The van der Waals surface area contributed by atoms with Crippen LogP contribution in [0.15, 0.2) is 22.7 Å². The van der Waals surface area contributed by atoms with E-state index in [-0.39, 0.29) is 10.0 Å². The van der Waals surface area contributed by atoms with Crippen LogP contribution in [0.2, 0.25) is 0 Å². The van der Waals surface area contributed by atoms with Crippen LogP contribution in [0.4, 0.5) is 13.2 Å². The van der Waals surface area contributed by atoms with Crippen molar-refractivity contribution in [1.29, 1.82) is 0 Å². The van der Waals surface area contributed by atoms with E-state index in [1.165, 1.54) is 13.0 Å². The smallest absolute Gasteiger partial charge is 0.376 e. The van der Waals surface area contributed by atoms with Crippen LogP contribution >= 0.6 is 15.9 Å². The van der Waals surface area contributed by atoms with Crippen LogP contribution < -0.4 is 0 Å². The maximum Gasteiger partial charge on any atom is 0.421 e. The first-order chi connectivity index (χ1) is 7.22. The molecule has 0 radical (unpaired) electrons. The summed E-state index contributed by atoms with van der Waals surface area (Å²) in [5, 5.41) is 9.74. The van der Waals surface area contributed by atoms with Gasteiger partial charge in [-0.3, -0.25) is 0 Å². The normalized spacial score (nSPS) is 15.9. The van der Waals surface area contributed by atoms with Crippen molar-refractivity contribution in [3.8, 4) is 0 Å². The maximum atomic E-state index is 12.8. The lowest BCUT2D eigenvalue weighted by atomic mass is 9.90. The van der Waals surface area contributed by atoms with Gasteiger partial charge in [0, 0.05) is 10.0 Å². The van der Waals surface area contributed by atoms with Crippen molar-refractivity contribution >= 4 is 15.9 Å². The van der Waals surface area contributed by atoms with Gasteiger partial charge in [-0.2, -0.15) is 13.2 Å². The lowest BCUT2D eigenvalue weighted by Crippen LogP contribution is -2.42. The molecule has 0 bridgehead atoms. The third kappa shape index (κ3) is 2.25. The van der Waals surface area contributed by atoms with E-state index in [4.69, 9.17) is 0 Å². The zero-order chi connectivity index (χ0) is 12.6. The van der Waals surface area contributed by atoms with Crippen molar-refractivity contribution in [3.63, 3.8) is 0 Å². The Balaban J connectivity index is 3.34. The second kappa shape index (κ2) is 4.37. The Hall–Kier alpha value is -0.550. The van der Waals surface area contributed by atoms with Gasteiger partial charge in [-0.15, -0.1) is 0 Å². The second-order valence-corrected chi connectivity index (χ2v) is 4.55. The molecule has 16 heavy (non-hydrogen) atoms.